The molecule has 0 amide bonds. The number of ether oxygens (including phenoxy) is 3. The van der Waals surface area contributed by atoms with Gasteiger partial charge in [0.1, 0.15) is 18.1 Å². The number of aromatic nitrogens is 8. The standard InChI is InChI=1S/C39H42N10O3Si/c1-53(2,3)22-21-50-24-48-34-28(7-4-8-29(34)39-51-19-20-52-39)36(46-48)43-31-13-10-25-23-26(11-12-27(25)31)49-37(30-9-5-16-41-35(30)40)44-32-14-15-33(45-38(32)49)47-18-6-17-42-47/h4-9,11-12,14-18,23,31,39H,10,13,19-22,24H2,1-3H3,(H2,40,41)(H,43,46)/t31-/m0/s1. The van der Waals surface area contributed by atoms with E-state index in [0.717, 1.165) is 57.9 Å². The van der Waals surface area contributed by atoms with Crippen LogP contribution in [0.4, 0.5) is 11.6 Å². The first-order chi connectivity index (χ1) is 25.8. The van der Waals surface area contributed by atoms with Crippen molar-refractivity contribution in [1.29, 1.82) is 0 Å². The van der Waals surface area contributed by atoms with Gasteiger partial charge in [-0.05, 0) is 78.5 Å². The van der Waals surface area contributed by atoms with E-state index in [-0.39, 0.29) is 6.04 Å². The molecule has 5 aromatic heterocycles. The molecule has 2 aromatic carbocycles. The molecule has 53 heavy (non-hydrogen) atoms. The number of pyridine rings is 2. The van der Waals surface area contributed by atoms with Crippen molar-refractivity contribution in [3.8, 4) is 22.9 Å². The summed E-state index contributed by atoms with van der Waals surface area (Å²) in [6.45, 7) is 9.29. The number of nitrogens with two attached hydrogens (primary N) is 1. The fraction of sp³-hybridized carbons (Fsp3) is 0.308. The summed E-state index contributed by atoms with van der Waals surface area (Å²) >= 11 is 0. The van der Waals surface area contributed by atoms with E-state index in [1.807, 2.05) is 41.2 Å². The maximum absolute atomic E-state index is 6.41. The number of nitrogens with one attached hydrogen (secondary N) is 1. The van der Waals surface area contributed by atoms with Gasteiger partial charge in [-0.25, -0.2) is 24.3 Å². The van der Waals surface area contributed by atoms with Crippen LogP contribution in [-0.2, 0) is 27.4 Å². The lowest BCUT2D eigenvalue weighted by atomic mass is 10.1. The maximum Gasteiger partial charge on any atom is 0.186 e. The zero-order valence-corrected chi connectivity index (χ0v) is 31.1. The summed E-state index contributed by atoms with van der Waals surface area (Å²) in [7, 11) is -1.23. The van der Waals surface area contributed by atoms with Crippen LogP contribution >= 0.6 is 0 Å². The molecule has 0 bridgehead atoms. The predicted octanol–water partition coefficient (Wildman–Crippen LogP) is 7.06. The molecule has 0 spiro atoms. The summed E-state index contributed by atoms with van der Waals surface area (Å²) in [5, 5.41) is 14.3. The van der Waals surface area contributed by atoms with Gasteiger partial charge in [0.15, 0.2) is 29.4 Å². The summed E-state index contributed by atoms with van der Waals surface area (Å²) in [6.07, 6.45) is 6.70. The minimum atomic E-state index is -1.23. The Morgan fingerprint density at radius 1 is 0.962 bits per heavy atom. The van der Waals surface area contributed by atoms with E-state index >= 15 is 0 Å². The van der Waals surface area contributed by atoms with Crippen LogP contribution in [0.15, 0.2) is 85.3 Å². The Bertz CT molecular complexity index is 2430. The third-order valence-electron chi connectivity index (χ3n) is 9.97. The lowest BCUT2D eigenvalue weighted by Gasteiger charge is -2.16. The molecule has 9 rings (SSSR count). The summed E-state index contributed by atoms with van der Waals surface area (Å²) in [6, 6.07) is 23.6. The number of benzene rings is 2. The van der Waals surface area contributed by atoms with Gasteiger partial charge in [-0.2, -0.15) is 10.2 Å². The lowest BCUT2D eigenvalue weighted by molar-refractivity contribution is -0.0434. The predicted molar refractivity (Wildman–Crippen MR) is 207 cm³/mol. The van der Waals surface area contributed by atoms with Gasteiger partial charge >= 0.3 is 0 Å². The maximum atomic E-state index is 6.41. The summed E-state index contributed by atoms with van der Waals surface area (Å²) in [5.74, 6) is 2.60. The molecule has 14 heteroatoms. The molecule has 270 valence electrons. The molecular weight excluding hydrogens is 685 g/mol. The molecule has 0 unspecified atom stereocenters. The molecule has 13 nitrogen and oxygen atoms in total. The van der Waals surface area contributed by atoms with Gasteiger partial charge in [-0.3, -0.25) is 4.57 Å². The van der Waals surface area contributed by atoms with Crippen molar-refractivity contribution in [2.45, 2.75) is 57.6 Å². The highest BCUT2D eigenvalue weighted by Crippen LogP contribution is 2.40. The third-order valence-corrected chi connectivity index (χ3v) is 11.7. The minimum Gasteiger partial charge on any atom is -0.383 e. The Morgan fingerprint density at radius 2 is 1.85 bits per heavy atom. The van der Waals surface area contributed by atoms with Crippen molar-refractivity contribution in [3.05, 3.63) is 102 Å². The van der Waals surface area contributed by atoms with Crippen molar-refractivity contribution in [1.82, 2.24) is 39.1 Å². The highest BCUT2D eigenvalue weighted by Gasteiger charge is 2.29. The van der Waals surface area contributed by atoms with E-state index in [4.69, 9.17) is 35.0 Å². The Morgan fingerprint density at radius 3 is 2.66 bits per heavy atom. The van der Waals surface area contributed by atoms with Gasteiger partial charge in [0, 0.05) is 49.9 Å². The molecule has 3 N–H and O–H groups in total. The molecule has 0 saturated carbocycles. The highest BCUT2D eigenvalue weighted by molar-refractivity contribution is 6.76. The Hall–Kier alpha value is -5.41. The minimum absolute atomic E-state index is 0.0681. The number of nitrogens with zero attached hydrogens (tertiary/aromatic N) is 8. The summed E-state index contributed by atoms with van der Waals surface area (Å²) in [5.41, 5.74) is 14.0. The lowest BCUT2D eigenvalue weighted by Crippen LogP contribution is -2.22. The van der Waals surface area contributed by atoms with Crippen molar-refractivity contribution < 1.29 is 14.2 Å². The Balaban J connectivity index is 1.07. The normalized spacial score (nSPS) is 16.2. The van der Waals surface area contributed by atoms with Gasteiger partial charge in [-0.1, -0.05) is 37.8 Å². The van der Waals surface area contributed by atoms with Crippen LogP contribution in [0, 0.1) is 0 Å². The number of anilines is 2. The first kappa shape index (κ1) is 33.4. The average Bonchev–Trinajstić information content (AvgIpc) is 4.00. The van der Waals surface area contributed by atoms with E-state index in [9.17, 15) is 0 Å². The number of nitrogen functional groups attached to an aromatic ring is 1. The van der Waals surface area contributed by atoms with Crippen LogP contribution in [0.5, 0.6) is 0 Å². The van der Waals surface area contributed by atoms with Crippen LogP contribution in [0.3, 0.4) is 0 Å². The Labute approximate surface area is 307 Å². The fourth-order valence-electron chi connectivity index (χ4n) is 7.29. The number of rotatable bonds is 11. The topological polar surface area (TPSA) is 145 Å². The van der Waals surface area contributed by atoms with E-state index in [2.05, 4.69) is 76.0 Å². The molecule has 7 aromatic rings. The summed E-state index contributed by atoms with van der Waals surface area (Å²) < 4.78 is 23.9. The summed E-state index contributed by atoms with van der Waals surface area (Å²) in [4.78, 5) is 14.4. The van der Waals surface area contributed by atoms with E-state index in [1.54, 1.807) is 17.1 Å². The van der Waals surface area contributed by atoms with E-state index in [0.29, 0.717) is 49.7 Å². The quantitative estimate of drug-likeness (QED) is 0.105. The number of fused-ring (bicyclic) bond motifs is 3. The van der Waals surface area contributed by atoms with Crippen LogP contribution in [0.1, 0.15) is 35.4 Å². The molecule has 0 radical (unpaired) electrons. The second kappa shape index (κ2) is 13.5. The zero-order chi connectivity index (χ0) is 36.1. The highest BCUT2D eigenvalue weighted by atomic mass is 28.3. The molecule has 1 aliphatic heterocycles. The monoisotopic (exact) mass is 726 g/mol. The molecular formula is C39H42N10O3Si. The number of para-hydroxylation sites is 1. The fourth-order valence-corrected chi connectivity index (χ4v) is 8.05. The number of hydrogen-bond donors (Lipinski definition) is 2. The van der Waals surface area contributed by atoms with E-state index < -0.39 is 14.4 Å². The van der Waals surface area contributed by atoms with Gasteiger partial charge in [0.25, 0.3) is 0 Å². The second-order valence-electron chi connectivity index (χ2n) is 14.8. The number of hydrogen-bond acceptors (Lipinski definition) is 10. The molecule has 1 atom stereocenters. The van der Waals surface area contributed by atoms with Crippen LogP contribution in [0.2, 0.25) is 25.7 Å². The van der Waals surface area contributed by atoms with Crippen LogP contribution in [-0.4, -0.2) is 67.0 Å². The smallest absolute Gasteiger partial charge is 0.186 e. The molecule has 1 fully saturated rings. The first-order valence-electron chi connectivity index (χ1n) is 18.1. The van der Waals surface area contributed by atoms with Crippen molar-refractivity contribution >= 4 is 41.8 Å². The molecule has 1 aliphatic carbocycles. The van der Waals surface area contributed by atoms with Crippen molar-refractivity contribution in [3.63, 3.8) is 0 Å². The number of imidazole rings is 1. The number of aryl methyl sites for hydroxylation is 1. The van der Waals surface area contributed by atoms with Crippen LogP contribution < -0.4 is 11.1 Å². The van der Waals surface area contributed by atoms with Gasteiger partial charge < -0.3 is 25.3 Å². The van der Waals surface area contributed by atoms with Gasteiger partial charge in [-0.15, -0.1) is 0 Å². The van der Waals surface area contributed by atoms with Gasteiger partial charge in [0.2, 0.25) is 0 Å². The molecule has 6 heterocycles. The average molecular weight is 727 g/mol. The van der Waals surface area contributed by atoms with Crippen molar-refractivity contribution in [2.24, 2.45) is 0 Å². The third kappa shape index (κ3) is 6.37. The molecule has 1 saturated heterocycles. The van der Waals surface area contributed by atoms with Crippen molar-refractivity contribution in [2.75, 3.05) is 30.9 Å². The Kier molecular flexibility index (Phi) is 8.53. The first-order valence-corrected chi connectivity index (χ1v) is 21.8. The largest absolute Gasteiger partial charge is 0.383 e. The van der Waals surface area contributed by atoms with E-state index in [1.165, 1.54) is 11.1 Å². The SMILES string of the molecule is C[Si](C)(C)CCOCn1nc(N[C@H]2CCc3cc(-n4c(-c5cccnc5N)nc5ccc(-n6cccn6)nc54)ccc32)c2cccc(C3OCCO3)c21. The van der Waals surface area contributed by atoms with Crippen LogP contribution in [0.25, 0.3) is 45.0 Å². The molecule has 2 aliphatic rings. The second-order valence-corrected chi connectivity index (χ2v) is 20.4. The zero-order valence-electron chi connectivity index (χ0n) is 30.1. The van der Waals surface area contributed by atoms with Gasteiger partial charge in [0.05, 0.1) is 30.3 Å².